The molecule has 7 aromatic rings. The summed E-state index contributed by atoms with van der Waals surface area (Å²) in [5.41, 5.74) is 12.1. The lowest BCUT2D eigenvalue weighted by atomic mass is 9.88. The van der Waals surface area contributed by atoms with Crippen molar-refractivity contribution >= 4 is 0 Å². The zero-order valence-corrected chi connectivity index (χ0v) is 24.5. The summed E-state index contributed by atoms with van der Waals surface area (Å²) in [4.78, 5) is 5.23. The minimum atomic E-state index is -0.725. The van der Waals surface area contributed by atoms with Gasteiger partial charge in [-0.2, -0.15) is 0 Å². The Morgan fingerprint density at radius 3 is 1.71 bits per heavy atom. The molecule has 0 bridgehead atoms. The lowest BCUT2D eigenvalue weighted by Crippen LogP contribution is -2.09. The third-order valence-electron chi connectivity index (χ3n) is 8.47. The molecule has 1 atom stereocenters. The van der Waals surface area contributed by atoms with Crippen LogP contribution in [-0.4, -0.2) is 10.1 Å². The summed E-state index contributed by atoms with van der Waals surface area (Å²) >= 11 is 0. The van der Waals surface area contributed by atoms with E-state index < -0.39 is 6.10 Å². The summed E-state index contributed by atoms with van der Waals surface area (Å²) in [6.07, 6.45) is -0.725. The van der Waals surface area contributed by atoms with Gasteiger partial charge in [0.1, 0.15) is 17.6 Å². The summed E-state index contributed by atoms with van der Waals surface area (Å²) in [6.45, 7) is 0. The Labute approximate surface area is 262 Å². The van der Waals surface area contributed by atoms with Gasteiger partial charge in [0.05, 0.1) is 11.4 Å². The number of nitrogens with zero attached hydrogens (tertiary/aromatic N) is 1. The first-order chi connectivity index (χ1) is 22.2. The Morgan fingerprint density at radius 2 is 0.956 bits per heavy atom. The van der Waals surface area contributed by atoms with E-state index in [-0.39, 0.29) is 0 Å². The lowest BCUT2D eigenvalue weighted by Gasteiger charge is -2.25. The first-order valence-corrected chi connectivity index (χ1v) is 15.1. The fraction of sp³-hybridized carbons (Fsp3) is 0.0238. The van der Waals surface area contributed by atoms with Crippen molar-refractivity contribution in [3.05, 3.63) is 175 Å². The van der Waals surface area contributed by atoms with E-state index in [9.17, 15) is 5.11 Å². The number of aromatic nitrogens is 1. The van der Waals surface area contributed by atoms with Crippen LogP contribution in [0.3, 0.4) is 0 Å². The number of ether oxygens (including phenoxy) is 1. The molecule has 1 unspecified atom stereocenters. The smallest absolute Gasteiger partial charge is 0.134 e. The van der Waals surface area contributed by atoms with Crippen molar-refractivity contribution in [2.45, 2.75) is 6.10 Å². The van der Waals surface area contributed by atoms with E-state index in [4.69, 9.17) is 9.72 Å². The number of aliphatic hydroxyl groups excluding tert-OH is 1. The van der Waals surface area contributed by atoms with Crippen LogP contribution in [-0.2, 0) is 0 Å². The van der Waals surface area contributed by atoms with E-state index in [1.807, 2.05) is 48.5 Å². The highest BCUT2D eigenvalue weighted by atomic mass is 16.5. The zero-order chi connectivity index (χ0) is 30.2. The average molecular weight is 580 g/mol. The van der Waals surface area contributed by atoms with E-state index >= 15 is 0 Å². The second-order valence-electron chi connectivity index (χ2n) is 11.2. The highest BCUT2D eigenvalue weighted by molar-refractivity contribution is 5.92. The molecule has 6 aromatic carbocycles. The molecule has 45 heavy (non-hydrogen) atoms. The Morgan fingerprint density at radius 1 is 0.400 bits per heavy atom. The molecule has 3 heteroatoms. The largest absolute Gasteiger partial charge is 0.457 e. The Kier molecular flexibility index (Phi) is 6.79. The molecule has 2 heterocycles. The highest BCUT2D eigenvalue weighted by Crippen LogP contribution is 2.46. The molecule has 1 aliphatic rings. The van der Waals surface area contributed by atoms with Crippen LogP contribution in [0.4, 0.5) is 0 Å². The Hall–Kier alpha value is -5.77. The van der Waals surface area contributed by atoms with Crippen molar-refractivity contribution in [2.75, 3.05) is 0 Å². The molecule has 214 valence electrons. The van der Waals surface area contributed by atoms with E-state index in [0.717, 1.165) is 67.0 Å². The number of hydrogen-bond acceptors (Lipinski definition) is 3. The molecule has 3 nitrogen and oxygen atoms in total. The molecule has 0 fully saturated rings. The zero-order valence-electron chi connectivity index (χ0n) is 24.5. The van der Waals surface area contributed by atoms with Gasteiger partial charge in [-0.25, -0.2) is 4.98 Å². The van der Waals surface area contributed by atoms with Crippen LogP contribution >= 0.6 is 0 Å². The van der Waals surface area contributed by atoms with Gasteiger partial charge in [0.2, 0.25) is 0 Å². The van der Waals surface area contributed by atoms with Crippen molar-refractivity contribution in [1.29, 1.82) is 0 Å². The number of aliphatic hydroxyl groups is 1. The van der Waals surface area contributed by atoms with Crippen LogP contribution in [0.15, 0.2) is 164 Å². The standard InChI is InChI=1S/C42H29NO2/c44-42-36-21-11-12-22-40(36)45-41-27-30(23-24-37(41)42)32-17-7-8-18-33(32)34-19-9-10-20-35(34)39-26-31(28-13-3-1-4-14-28)25-38(43-39)29-15-5-2-6-16-29/h1-27,42,44H. The van der Waals surface area contributed by atoms with Crippen molar-refractivity contribution in [3.63, 3.8) is 0 Å². The van der Waals surface area contributed by atoms with Crippen LogP contribution in [0, 0.1) is 0 Å². The molecule has 0 amide bonds. The SMILES string of the molecule is OC1c2ccccc2Oc2cc(-c3ccccc3-c3ccccc3-c3cc(-c4ccccc4)cc(-c4ccccc4)n3)ccc21. The molecule has 8 rings (SSSR count). The monoisotopic (exact) mass is 579 g/mol. The third-order valence-corrected chi connectivity index (χ3v) is 8.47. The van der Waals surface area contributed by atoms with Gasteiger partial charge < -0.3 is 9.84 Å². The van der Waals surface area contributed by atoms with Crippen LogP contribution < -0.4 is 4.74 Å². The molecule has 1 aliphatic heterocycles. The van der Waals surface area contributed by atoms with Gasteiger partial charge in [-0.3, -0.25) is 0 Å². The summed E-state index contributed by atoms with van der Waals surface area (Å²) in [5.74, 6) is 1.36. The summed E-state index contributed by atoms with van der Waals surface area (Å²) in [6, 6.07) is 55.9. The summed E-state index contributed by atoms with van der Waals surface area (Å²) < 4.78 is 6.29. The summed E-state index contributed by atoms with van der Waals surface area (Å²) in [5, 5.41) is 11.1. The van der Waals surface area contributed by atoms with Gasteiger partial charge in [0.15, 0.2) is 0 Å². The molecular formula is C42H29NO2. The van der Waals surface area contributed by atoms with Gasteiger partial charge in [-0.15, -0.1) is 0 Å². The molecule has 0 radical (unpaired) electrons. The highest BCUT2D eigenvalue weighted by Gasteiger charge is 2.26. The summed E-state index contributed by atoms with van der Waals surface area (Å²) in [7, 11) is 0. The van der Waals surface area contributed by atoms with Crippen LogP contribution in [0.2, 0.25) is 0 Å². The van der Waals surface area contributed by atoms with Gasteiger partial charge in [0.25, 0.3) is 0 Å². The molecule has 0 saturated heterocycles. The average Bonchev–Trinajstić information content (AvgIpc) is 3.12. The van der Waals surface area contributed by atoms with Gasteiger partial charge in [-0.1, -0.05) is 140 Å². The minimum absolute atomic E-state index is 0.673. The third kappa shape index (κ3) is 5.00. The first kappa shape index (κ1) is 26.8. The van der Waals surface area contributed by atoms with Gasteiger partial charge in [0, 0.05) is 22.3 Å². The Balaban J connectivity index is 1.27. The minimum Gasteiger partial charge on any atom is -0.457 e. The normalized spacial score (nSPS) is 13.4. The molecule has 0 aliphatic carbocycles. The second-order valence-corrected chi connectivity index (χ2v) is 11.2. The number of hydrogen-bond donors (Lipinski definition) is 1. The van der Waals surface area contributed by atoms with Crippen molar-refractivity contribution in [2.24, 2.45) is 0 Å². The fourth-order valence-electron chi connectivity index (χ4n) is 6.24. The number of fused-ring (bicyclic) bond motifs is 2. The topological polar surface area (TPSA) is 42.4 Å². The van der Waals surface area contributed by atoms with Gasteiger partial charge in [-0.05, 0) is 57.6 Å². The van der Waals surface area contributed by atoms with Crippen LogP contribution in [0.5, 0.6) is 11.5 Å². The Bertz CT molecular complexity index is 2100. The van der Waals surface area contributed by atoms with E-state index in [0.29, 0.717) is 11.5 Å². The predicted octanol–water partition coefficient (Wildman–Crippen LogP) is 10.6. The number of rotatable bonds is 5. The molecule has 0 saturated carbocycles. The molecule has 0 spiro atoms. The number of para-hydroxylation sites is 1. The second kappa shape index (κ2) is 11.4. The number of pyridine rings is 1. The van der Waals surface area contributed by atoms with E-state index in [2.05, 4.69) is 115 Å². The van der Waals surface area contributed by atoms with Crippen LogP contribution in [0.1, 0.15) is 17.2 Å². The molecule has 1 N–H and O–H groups in total. The maximum absolute atomic E-state index is 11.1. The quantitative estimate of drug-likeness (QED) is 0.221. The van der Waals surface area contributed by atoms with E-state index in [1.54, 1.807) is 0 Å². The first-order valence-electron chi connectivity index (χ1n) is 15.1. The van der Waals surface area contributed by atoms with Gasteiger partial charge >= 0.3 is 0 Å². The predicted molar refractivity (Wildman–Crippen MR) is 182 cm³/mol. The molecule has 1 aromatic heterocycles. The maximum Gasteiger partial charge on any atom is 0.134 e. The van der Waals surface area contributed by atoms with Crippen molar-refractivity contribution < 1.29 is 9.84 Å². The van der Waals surface area contributed by atoms with Crippen molar-refractivity contribution in [1.82, 2.24) is 4.98 Å². The van der Waals surface area contributed by atoms with Crippen LogP contribution in [0.25, 0.3) is 55.9 Å². The number of benzene rings is 6. The fourth-order valence-corrected chi connectivity index (χ4v) is 6.24. The van der Waals surface area contributed by atoms with E-state index in [1.165, 1.54) is 0 Å². The maximum atomic E-state index is 11.1. The van der Waals surface area contributed by atoms with Crippen molar-refractivity contribution in [3.8, 4) is 67.4 Å². The lowest BCUT2D eigenvalue weighted by molar-refractivity contribution is 0.203. The molecular weight excluding hydrogens is 550 g/mol.